The number of rotatable bonds is 5. The van der Waals surface area contributed by atoms with Gasteiger partial charge in [0.25, 0.3) is 0 Å². The molecule has 0 fully saturated rings. The summed E-state index contributed by atoms with van der Waals surface area (Å²) in [7, 11) is 1.37. The molecule has 1 aromatic rings. The van der Waals surface area contributed by atoms with Gasteiger partial charge in [0.05, 0.1) is 12.8 Å². The van der Waals surface area contributed by atoms with Gasteiger partial charge in [-0.2, -0.15) is 13.2 Å². The minimum absolute atomic E-state index is 0.108. The Balaban J connectivity index is 2.46. The quantitative estimate of drug-likeness (QED) is 0.653. The Hall–Kier alpha value is -1.11. The molecule has 0 aliphatic carbocycles. The topological polar surface area (TPSA) is 21.3 Å². The SMILES string of the molecule is COc1cc(F)ccc1NCCSC(F)(F)F. The van der Waals surface area contributed by atoms with Gasteiger partial charge >= 0.3 is 5.51 Å². The van der Waals surface area contributed by atoms with Crippen molar-refractivity contribution >= 4 is 17.4 Å². The van der Waals surface area contributed by atoms with Crippen LogP contribution < -0.4 is 10.1 Å². The molecule has 96 valence electrons. The molecule has 0 amide bonds. The van der Waals surface area contributed by atoms with Crippen LogP contribution in [0.4, 0.5) is 23.2 Å². The van der Waals surface area contributed by atoms with Crippen LogP contribution in [0, 0.1) is 5.82 Å². The number of hydrogen-bond acceptors (Lipinski definition) is 3. The molecule has 0 atom stereocenters. The van der Waals surface area contributed by atoms with Crippen LogP contribution in [0.2, 0.25) is 0 Å². The van der Waals surface area contributed by atoms with Gasteiger partial charge in [-0.3, -0.25) is 0 Å². The Kier molecular flexibility index (Phi) is 4.92. The molecule has 0 aliphatic rings. The van der Waals surface area contributed by atoms with Crippen LogP contribution in [-0.2, 0) is 0 Å². The molecule has 17 heavy (non-hydrogen) atoms. The van der Waals surface area contributed by atoms with E-state index in [1.807, 2.05) is 0 Å². The maximum atomic E-state index is 12.8. The van der Waals surface area contributed by atoms with Gasteiger partial charge in [-0.25, -0.2) is 4.39 Å². The molecule has 0 aliphatic heterocycles. The normalized spacial score (nSPS) is 11.4. The van der Waals surface area contributed by atoms with Crippen molar-refractivity contribution < 1.29 is 22.3 Å². The summed E-state index contributed by atoms with van der Waals surface area (Å²) < 4.78 is 53.2. The zero-order chi connectivity index (χ0) is 12.9. The highest BCUT2D eigenvalue weighted by molar-refractivity contribution is 8.00. The van der Waals surface area contributed by atoms with Crippen molar-refractivity contribution in [1.29, 1.82) is 0 Å². The first-order valence-electron chi connectivity index (χ1n) is 4.70. The third-order valence-electron chi connectivity index (χ3n) is 1.85. The van der Waals surface area contributed by atoms with E-state index in [9.17, 15) is 17.6 Å². The molecule has 1 N–H and O–H groups in total. The van der Waals surface area contributed by atoms with Crippen molar-refractivity contribution in [3.63, 3.8) is 0 Å². The Bertz CT molecular complexity index is 370. The molecule has 0 aromatic heterocycles. The minimum atomic E-state index is -4.23. The second-order valence-electron chi connectivity index (χ2n) is 3.07. The molecular formula is C10H11F4NOS. The number of halogens is 4. The van der Waals surface area contributed by atoms with Crippen LogP contribution in [0.1, 0.15) is 0 Å². The fourth-order valence-corrected chi connectivity index (χ4v) is 1.60. The third kappa shape index (κ3) is 5.16. The van der Waals surface area contributed by atoms with Crippen molar-refractivity contribution in [2.45, 2.75) is 5.51 Å². The van der Waals surface area contributed by atoms with Gasteiger partial charge in [0.15, 0.2) is 0 Å². The van der Waals surface area contributed by atoms with E-state index in [0.29, 0.717) is 5.69 Å². The van der Waals surface area contributed by atoms with Crippen LogP contribution in [0.5, 0.6) is 5.75 Å². The van der Waals surface area contributed by atoms with Crippen molar-refractivity contribution in [3.8, 4) is 5.75 Å². The van der Waals surface area contributed by atoms with E-state index in [-0.39, 0.29) is 29.8 Å². The average Bonchev–Trinajstić information content (AvgIpc) is 2.24. The van der Waals surface area contributed by atoms with Gasteiger partial charge in [0.2, 0.25) is 0 Å². The summed E-state index contributed by atoms with van der Waals surface area (Å²) in [5, 5.41) is 2.75. The summed E-state index contributed by atoms with van der Waals surface area (Å²) >= 11 is -0.108. The summed E-state index contributed by atoms with van der Waals surface area (Å²) in [5.41, 5.74) is -3.76. The molecule has 0 spiro atoms. The lowest BCUT2D eigenvalue weighted by Crippen LogP contribution is -2.10. The van der Waals surface area contributed by atoms with Crippen molar-refractivity contribution in [2.75, 3.05) is 24.7 Å². The molecule has 1 aromatic carbocycles. The Morgan fingerprint density at radius 2 is 2.06 bits per heavy atom. The molecule has 0 saturated heterocycles. The van der Waals surface area contributed by atoms with E-state index >= 15 is 0 Å². The number of methoxy groups -OCH3 is 1. The summed E-state index contributed by atoms with van der Waals surface area (Å²) in [6.07, 6.45) is 0. The Morgan fingerprint density at radius 3 is 2.65 bits per heavy atom. The molecule has 2 nitrogen and oxygen atoms in total. The second-order valence-corrected chi connectivity index (χ2v) is 4.23. The third-order valence-corrected chi connectivity index (χ3v) is 2.58. The molecule has 0 heterocycles. The van der Waals surface area contributed by atoms with E-state index in [2.05, 4.69) is 5.32 Å². The molecule has 1 rings (SSSR count). The van der Waals surface area contributed by atoms with E-state index in [1.165, 1.54) is 25.3 Å². The van der Waals surface area contributed by atoms with Crippen LogP contribution in [0.3, 0.4) is 0 Å². The molecule has 0 bridgehead atoms. The standard InChI is InChI=1S/C10H11F4NOS/c1-16-9-6-7(11)2-3-8(9)15-4-5-17-10(12,13)14/h2-3,6,15H,4-5H2,1H3. The number of hydrogen-bond donors (Lipinski definition) is 1. The predicted molar refractivity (Wildman–Crippen MR) is 60.0 cm³/mol. The summed E-state index contributed by atoms with van der Waals surface area (Å²) in [5.74, 6) is -0.316. The number of alkyl halides is 3. The van der Waals surface area contributed by atoms with Crippen LogP contribution >= 0.6 is 11.8 Å². The number of benzene rings is 1. The van der Waals surface area contributed by atoms with Crippen LogP contribution in [0.15, 0.2) is 18.2 Å². The lowest BCUT2D eigenvalue weighted by molar-refractivity contribution is -0.0327. The average molecular weight is 269 g/mol. The van der Waals surface area contributed by atoms with Crippen LogP contribution in [0.25, 0.3) is 0 Å². The van der Waals surface area contributed by atoms with E-state index < -0.39 is 11.3 Å². The maximum absolute atomic E-state index is 12.8. The highest BCUT2D eigenvalue weighted by Crippen LogP contribution is 2.30. The molecule has 0 saturated carbocycles. The molecule has 0 unspecified atom stereocenters. The van der Waals surface area contributed by atoms with Gasteiger partial charge in [0, 0.05) is 18.4 Å². The van der Waals surface area contributed by atoms with Gasteiger partial charge < -0.3 is 10.1 Å². The van der Waals surface area contributed by atoms with E-state index in [1.54, 1.807) is 0 Å². The summed E-state index contributed by atoms with van der Waals surface area (Å²) in [4.78, 5) is 0. The van der Waals surface area contributed by atoms with Gasteiger partial charge in [-0.15, -0.1) is 0 Å². The van der Waals surface area contributed by atoms with Crippen molar-refractivity contribution in [2.24, 2.45) is 0 Å². The summed E-state index contributed by atoms with van der Waals surface area (Å²) in [6.45, 7) is 0.117. The molecular weight excluding hydrogens is 258 g/mol. The largest absolute Gasteiger partial charge is 0.494 e. The van der Waals surface area contributed by atoms with Gasteiger partial charge in [-0.1, -0.05) is 0 Å². The highest BCUT2D eigenvalue weighted by Gasteiger charge is 2.27. The number of thioether (sulfide) groups is 1. The monoisotopic (exact) mass is 269 g/mol. The Labute approximate surface area is 100 Å². The fourth-order valence-electron chi connectivity index (χ4n) is 1.16. The first-order valence-corrected chi connectivity index (χ1v) is 5.69. The van der Waals surface area contributed by atoms with E-state index in [0.717, 1.165) is 0 Å². The number of ether oxygens (including phenoxy) is 1. The number of anilines is 1. The summed E-state index contributed by atoms with van der Waals surface area (Å²) in [6, 6.07) is 3.80. The van der Waals surface area contributed by atoms with Gasteiger partial charge in [0.1, 0.15) is 11.6 Å². The fraction of sp³-hybridized carbons (Fsp3) is 0.400. The maximum Gasteiger partial charge on any atom is 0.441 e. The van der Waals surface area contributed by atoms with Crippen molar-refractivity contribution in [1.82, 2.24) is 0 Å². The lowest BCUT2D eigenvalue weighted by atomic mass is 10.3. The predicted octanol–water partition coefficient (Wildman–Crippen LogP) is 3.50. The van der Waals surface area contributed by atoms with Gasteiger partial charge in [-0.05, 0) is 23.9 Å². The zero-order valence-corrected chi connectivity index (χ0v) is 9.79. The highest BCUT2D eigenvalue weighted by atomic mass is 32.2. The molecule has 7 heteroatoms. The van der Waals surface area contributed by atoms with E-state index in [4.69, 9.17) is 4.74 Å². The lowest BCUT2D eigenvalue weighted by Gasteiger charge is -2.11. The van der Waals surface area contributed by atoms with Crippen molar-refractivity contribution in [3.05, 3.63) is 24.0 Å². The first kappa shape index (κ1) is 14.0. The Morgan fingerprint density at radius 1 is 1.35 bits per heavy atom. The molecule has 0 radical (unpaired) electrons. The minimum Gasteiger partial charge on any atom is -0.494 e. The first-order chi connectivity index (χ1) is 7.92. The number of nitrogens with one attached hydrogen (secondary N) is 1. The smallest absolute Gasteiger partial charge is 0.441 e. The van der Waals surface area contributed by atoms with Crippen LogP contribution in [-0.4, -0.2) is 24.9 Å². The second kappa shape index (κ2) is 6.00. The zero-order valence-electron chi connectivity index (χ0n) is 8.97.